The summed E-state index contributed by atoms with van der Waals surface area (Å²) in [6.45, 7) is 0. The molecule has 0 unspecified atom stereocenters. The third-order valence-corrected chi connectivity index (χ3v) is 4.82. The lowest BCUT2D eigenvalue weighted by Crippen LogP contribution is -2.46. The summed E-state index contributed by atoms with van der Waals surface area (Å²) in [5.41, 5.74) is -3.32. The van der Waals surface area contributed by atoms with Gasteiger partial charge in [0.15, 0.2) is 11.5 Å². The van der Waals surface area contributed by atoms with Crippen LogP contribution in [0.25, 0.3) is 0 Å². The number of aliphatic hydroxyl groups is 1. The molecule has 3 nitrogen and oxygen atoms in total. The van der Waals surface area contributed by atoms with Gasteiger partial charge in [0.2, 0.25) is 5.78 Å². The largest absolute Gasteiger partial charge is 0.504 e. The highest BCUT2D eigenvalue weighted by Crippen LogP contribution is 2.56. The standard InChI is InChI=1S/C17H15F3O3/c18-17(19,20)16(8-4-1-5-9-16)12-13(21)10-6-2-3-7-11(10)14(22)15(12)23/h2-3,6-7,23H,1,4-5,8-9H2. The molecule has 0 spiro atoms. The molecule has 2 aliphatic rings. The molecule has 0 amide bonds. The van der Waals surface area contributed by atoms with Crippen molar-refractivity contribution in [2.24, 2.45) is 5.41 Å². The van der Waals surface area contributed by atoms with Crippen molar-refractivity contribution in [3.05, 3.63) is 46.7 Å². The minimum absolute atomic E-state index is 0.0492. The van der Waals surface area contributed by atoms with Crippen LogP contribution < -0.4 is 0 Å². The van der Waals surface area contributed by atoms with Crippen LogP contribution in [-0.4, -0.2) is 22.8 Å². The molecule has 0 atom stereocenters. The van der Waals surface area contributed by atoms with E-state index in [9.17, 15) is 27.9 Å². The summed E-state index contributed by atoms with van der Waals surface area (Å²) < 4.78 is 41.5. The fourth-order valence-corrected chi connectivity index (χ4v) is 3.64. The topological polar surface area (TPSA) is 54.4 Å². The number of hydrogen-bond donors (Lipinski definition) is 1. The van der Waals surface area contributed by atoms with Gasteiger partial charge in [0.25, 0.3) is 0 Å². The van der Waals surface area contributed by atoms with Gasteiger partial charge in [-0.2, -0.15) is 13.2 Å². The molecule has 1 N–H and O–H groups in total. The summed E-state index contributed by atoms with van der Waals surface area (Å²) >= 11 is 0. The van der Waals surface area contributed by atoms with Crippen molar-refractivity contribution in [3.8, 4) is 0 Å². The number of benzene rings is 1. The number of rotatable bonds is 1. The molecule has 0 aliphatic heterocycles. The number of alkyl halides is 3. The van der Waals surface area contributed by atoms with Gasteiger partial charge < -0.3 is 5.11 Å². The number of hydrogen-bond acceptors (Lipinski definition) is 3. The number of carbonyl (C=O) groups excluding carboxylic acids is 2. The molecule has 1 aromatic rings. The Morgan fingerprint density at radius 1 is 0.913 bits per heavy atom. The van der Waals surface area contributed by atoms with Crippen LogP contribution in [0.2, 0.25) is 0 Å². The third-order valence-electron chi connectivity index (χ3n) is 4.82. The van der Waals surface area contributed by atoms with Crippen LogP contribution in [0.5, 0.6) is 0 Å². The first-order valence-corrected chi connectivity index (χ1v) is 7.48. The molecule has 0 bridgehead atoms. The van der Waals surface area contributed by atoms with Gasteiger partial charge in [-0.3, -0.25) is 9.59 Å². The van der Waals surface area contributed by atoms with E-state index in [0.717, 1.165) is 0 Å². The van der Waals surface area contributed by atoms with Crippen molar-refractivity contribution >= 4 is 11.6 Å². The third kappa shape index (κ3) is 2.19. The van der Waals surface area contributed by atoms with Crippen LogP contribution in [0.15, 0.2) is 35.6 Å². The van der Waals surface area contributed by atoms with Crippen molar-refractivity contribution in [2.45, 2.75) is 38.3 Å². The quantitative estimate of drug-likeness (QED) is 0.833. The minimum atomic E-state index is -4.70. The fraction of sp³-hybridized carbons (Fsp3) is 0.412. The lowest BCUT2D eigenvalue weighted by Gasteiger charge is -2.41. The number of Topliss-reactive ketones (excluding diaryl/α,β-unsaturated/α-hetero) is 2. The first-order chi connectivity index (χ1) is 10.8. The summed E-state index contributed by atoms with van der Waals surface area (Å²) in [5.74, 6) is -2.85. The summed E-state index contributed by atoms with van der Waals surface area (Å²) in [7, 11) is 0. The summed E-state index contributed by atoms with van der Waals surface area (Å²) in [5, 5.41) is 10.1. The first-order valence-electron chi connectivity index (χ1n) is 7.48. The fourth-order valence-electron chi connectivity index (χ4n) is 3.64. The van der Waals surface area contributed by atoms with E-state index < -0.39 is 34.5 Å². The molecule has 1 fully saturated rings. The Morgan fingerprint density at radius 2 is 1.43 bits per heavy atom. The van der Waals surface area contributed by atoms with Gasteiger partial charge in [-0.25, -0.2) is 0 Å². The highest BCUT2D eigenvalue weighted by atomic mass is 19.4. The highest BCUT2D eigenvalue weighted by Gasteiger charge is 2.61. The second-order valence-corrected chi connectivity index (χ2v) is 6.07. The van der Waals surface area contributed by atoms with Crippen molar-refractivity contribution in [2.75, 3.05) is 0 Å². The van der Waals surface area contributed by atoms with Gasteiger partial charge in [-0.1, -0.05) is 43.5 Å². The van der Waals surface area contributed by atoms with Crippen LogP contribution >= 0.6 is 0 Å². The molecule has 6 heteroatoms. The SMILES string of the molecule is O=C1C(O)=C(C2(C(F)(F)F)CCCCC2)C(=O)c2ccccc21. The maximum absolute atomic E-state index is 13.8. The van der Waals surface area contributed by atoms with Crippen molar-refractivity contribution in [1.29, 1.82) is 0 Å². The zero-order valence-electron chi connectivity index (χ0n) is 12.2. The zero-order chi connectivity index (χ0) is 16.8. The lowest BCUT2D eigenvalue weighted by atomic mass is 9.64. The lowest BCUT2D eigenvalue weighted by molar-refractivity contribution is -0.218. The Kier molecular flexibility index (Phi) is 3.58. The van der Waals surface area contributed by atoms with Gasteiger partial charge in [-0.15, -0.1) is 0 Å². The van der Waals surface area contributed by atoms with Crippen LogP contribution in [-0.2, 0) is 0 Å². The monoisotopic (exact) mass is 324 g/mol. The van der Waals surface area contributed by atoms with Gasteiger partial charge >= 0.3 is 6.18 Å². The van der Waals surface area contributed by atoms with E-state index in [1.54, 1.807) is 0 Å². The van der Waals surface area contributed by atoms with Crippen molar-refractivity contribution in [1.82, 2.24) is 0 Å². The number of ketones is 2. The van der Waals surface area contributed by atoms with Crippen molar-refractivity contribution in [3.63, 3.8) is 0 Å². The molecular formula is C17H15F3O3. The zero-order valence-corrected chi connectivity index (χ0v) is 12.2. The number of carbonyl (C=O) groups is 2. The maximum Gasteiger partial charge on any atom is 0.398 e. The number of allylic oxidation sites excluding steroid dienone is 2. The molecule has 0 saturated heterocycles. The van der Waals surface area contributed by atoms with Gasteiger partial charge in [0.05, 0.1) is 11.0 Å². The smallest absolute Gasteiger partial charge is 0.398 e. The van der Waals surface area contributed by atoms with Gasteiger partial charge in [0.1, 0.15) is 0 Å². The van der Waals surface area contributed by atoms with E-state index in [4.69, 9.17) is 0 Å². The number of fused-ring (bicyclic) bond motifs is 1. The average molecular weight is 324 g/mol. The van der Waals surface area contributed by atoms with Crippen molar-refractivity contribution < 1.29 is 27.9 Å². The Balaban J connectivity index is 2.23. The average Bonchev–Trinajstić information content (AvgIpc) is 2.53. The summed E-state index contributed by atoms with van der Waals surface area (Å²) in [4.78, 5) is 24.9. The molecule has 1 aromatic carbocycles. The van der Waals surface area contributed by atoms with E-state index in [2.05, 4.69) is 0 Å². The van der Waals surface area contributed by atoms with Crippen LogP contribution in [0.1, 0.15) is 52.8 Å². The summed E-state index contributed by atoms with van der Waals surface area (Å²) in [6.07, 6.45) is -4.00. The van der Waals surface area contributed by atoms with Crippen LogP contribution in [0.3, 0.4) is 0 Å². The Morgan fingerprint density at radius 3 is 1.96 bits per heavy atom. The predicted molar refractivity (Wildman–Crippen MR) is 76.3 cm³/mol. The molecule has 0 aromatic heterocycles. The molecule has 0 heterocycles. The number of aliphatic hydroxyl groups excluding tert-OH is 1. The predicted octanol–water partition coefficient (Wildman–Crippen LogP) is 4.39. The minimum Gasteiger partial charge on any atom is -0.504 e. The summed E-state index contributed by atoms with van der Waals surface area (Å²) in [6, 6.07) is 5.66. The van der Waals surface area contributed by atoms with Crippen LogP contribution in [0.4, 0.5) is 13.2 Å². The Labute approximate surface area is 130 Å². The molecule has 122 valence electrons. The van der Waals surface area contributed by atoms with E-state index in [1.165, 1.54) is 24.3 Å². The Bertz CT molecular complexity index is 710. The van der Waals surface area contributed by atoms with Gasteiger partial charge in [-0.05, 0) is 12.8 Å². The first kappa shape index (κ1) is 15.8. The molecule has 23 heavy (non-hydrogen) atoms. The molecular weight excluding hydrogens is 309 g/mol. The van der Waals surface area contributed by atoms with Crippen LogP contribution in [0, 0.1) is 5.41 Å². The molecule has 1 saturated carbocycles. The molecule has 3 rings (SSSR count). The maximum atomic E-state index is 13.8. The van der Waals surface area contributed by atoms with E-state index in [0.29, 0.717) is 19.3 Å². The van der Waals surface area contributed by atoms with E-state index in [-0.39, 0.29) is 24.0 Å². The second kappa shape index (κ2) is 5.22. The normalized spacial score (nSPS) is 21.3. The molecule has 2 aliphatic carbocycles. The second-order valence-electron chi connectivity index (χ2n) is 6.07. The highest BCUT2D eigenvalue weighted by molar-refractivity contribution is 6.26. The van der Waals surface area contributed by atoms with E-state index >= 15 is 0 Å². The van der Waals surface area contributed by atoms with E-state index in [1.807, 2.05) is 0 Å². The Hall–Kier alpha value is -2.11. The molecule has 0 radical (unpaired) electrons. The number of halogens is 3. The van der Waals surface area contributed by atoms with Gasteiger partial charge in [0, 0.05) is 11.1 Å².